The lowest BCUT2D eigenvalue weighted by molar-refractivity contribution is 0.392. The van der Waals surface area contributed by atoms with E-state index in [2.05, 4.69) is 35.0 Å². The molecule has 4 heteroatoms. The Morgan fingerprint density at radius 3 is 3.06 bits per heavy atom. The van der Waals surface area contributed by atoms with Gasteiger partial charge in [-0.25, -0.2) is 9.50 Å². The molecular weight excluding hydrogens is 212 g/mol. The quantitative estimate of drug-likeness (QED) is 0.784. The van der Waals surface area contributed by atoms with Crippen molar-refractivity contribution < 1.29 is 0 Å². The second-order valence-electron chi connectivity index (χ2n) is 5.16. The number of aryl methyl sites for hydroxylation is 1. The summed E-state index contributed by atoms with van der Waals surface area (Å²) in [5.74, 6) is 1.70. The van der Waals surface area contributed by atoms with Crippen LogP contribution >= 0.6 is 0 Å². The van der Waals surface area contributed by atoms with Gasteiger partial charge in [-0.2, -0.15) is 5.10 Å². The molecule has 0 spiro atoms. The van der Waals surface area contributed by atoms with Crippen LogP contribution in [0, 0.1) is 12.8 Å². The number of fused-ring (bicyclic) bond motifs is 1. The summed E-state index contributed by atoms with van der Waals surface area (Å²) >= 11 is 0. The largest absolute Gasteiger partial charge is 0.306 e. The van der Waals surface area contributed by atoms with Crippen molar-refractivity contribution in [3.63, 3.8) is 0 Å². The molecular formula is C13H18N4. The maximum Gasteiger partial charge on any atom is 0.155 e. The van der Waals surface area contributed by atoms with Crippen LogP contribution < -0.4 is 0 Å². The van der Waals surface area contributed by atoms with Gasteiger partial charge in [-0.05, 0) is 44.5 Å². The van der Waals surface area contributed by atoms with Gasteiger partial charge >= 0.3 is 0 Å². The zero-order valence-electron chi connectivity index (χ0n) is 10.4. The van der Waals surface area contributed by atoms with E-state index in [1.807, 2.05) is 16.8 Å². The molecule has 0 radical (unpaired) electrons. The molecule has 1 aliphatic heterocycles. The fourth-order valence-corrected chi connectivity index (χ4v) is 2.57. The highest BCUT2D eigenvalue weighted by Crippen LogP contribution is 2.18. The lowest BCUT2D eigenvalue weighted by Crippen LogP contribution is -2.15. The van der Waals surface area contributed by atoms with Gasteiger partial charge in [-0.3, -0.25) is 0 Å². The number of hydrogen-bond donors (Lipinski definition) is 0. The van der Waals surface area contributed by atoms with Crippen molar-refractivity contribution in [2.45, 2.75) is 19.8 Å². The monoisotopic (exact) mass is 230 g/mol. The van der Waals surface area contributed by atoms with Crippen LogP contribution in [0.1, 0.15) is 17.8 Å². The smallest absolute Gasteiger partial charge is 0.155 e. The van der Waals surface area contributed by atoms with E-state index >= 15 is 0 Å². The molecule has 0 aliphatic carbocycles. The van der Waals surface area contributed by atoms with Gasteiger partial charge in [0.1, 0.15) is 0 Å². The normalized spacial score (nSPS) is 21.4. The molecule has 4 nitrogen and oxygen atoms in total. The average molecular weight is 230 g/mol. The van der Waals surface area contributed by atoms with E-state index in [9.17, 15) is 0 Å². The minimum absolute atomic E-state index is 0.721. The van der Waals surface area contributed by atoms with E-state index in [0.717, 1.165) is 23.8 Å². The van der Waals surface area contributed by atoms with Crippen molar-refractivity contribution in [1.29, 1.82) is 0 Å². The van der Waals surface area contributed by atoms with E-state index in [1.54, 1.807) is 0 Å². The number of rotatable bonds is 2. The number of hydrogen-bond acceptors (Lipinski definition) is 3. The first-order valence-electron chi connectivity index (χ1n) is 6.21. The third kappa shape index (κ3) is 2.17. The minimum Gasteiger partial charge on any atom is -0.306 e. The van der Waals surface area contributed by atoms with Crippen LogP contribution in [0.2, 0.25) is 0 Å². The predicted molar refractivity (Wildman–Crippen MR) is 67.0 cm³/mol. The van der Waals surface area contributed by atoms with Crippen LogP contribution in [0.25, 0.3) is 5.65 Å². The predicted octanol–water partition coefficient (Wildman–Crippen LogP) is 1.53. The zero-order chi connectivity index (χ0) is 11.8. The van der Waals surface area contributed by atoms with Crippen molar-refractivity contribution in [2.75, 3.05) is 20.1 Å². The molecule has 2 aromatic rings. The van der Waals surface area contributed by atoms with Crippen LogP contribution in [0.15, 0.2) is 18.3 Å². The van der Waals surface area contributed by atoms with E-state index in [1.165, 1.54) is 25.1 Å². The third-order valence-corrected chi connectivity index (χ3v) is 3.48. The Bertz CT molecular complexity index is 531. The number of pyridine rings is 1. The van der Waals surface area contributed by atoms with E-state index < -0.39 is 0 Å². The van der Waals surface area contributed by atoms with Gasteiger partial charge in [0.05, 0.1) is 0 Å². The van der Waals surface area contributed by atoms with E-state index in [-0.39, 0.29) is 0 Å². The Morgan fingerprint density at radius 1 is 1.41 bits per heavy atom. The number of aromatic nitrogens is 3. The molecule has 1 aliphatic rings. The standard InChI is InChI=1S/C13H18N4/c1-10-3-4-13-14-12(15-17(13)8-10)7-11-5-6-16(2)9-11/h3-4,8,11H,5-7,9H2,1-2H3. The maximum absolute atomic E-state index is 4.58. The first kappa shape index (κ1) is 10.7. The highest BCUT2D eigenvalue weighted by Gasteiger charge is 2.21. The summed E-state index contributed by atoms with van der Waals surface area (Å²) < 4.78 is 1.89. The lowest BCUT2D eigenvalue weighted by atomic mass is 10.1. The van der Waals surface area contributed by atoms with Crippen LogP contribution in [-0.4, -0.2) is 39.6 Å². The van der Waals surface area contributed by atoms with Gasteiger partial charge < -0.3 is 4.90 Å². The zero-order valence-corrected chi connectivity index (χ0v) is 10.4. The molecule has 1 unspecified atom stereocenters. The van der Waals surface area contributed by atoms with Crippen molar-refractivity contribution in [3.05, 3.63) is 29.7 Å². The highest BCUT2D eigenvalue weighted by molar-refractivity contribution is 5.38. The second kappa shape index (κ2) is 4.11. The van der Waals surface area contributed by atoms with Gasteiger partial charge in [0.25, 0.3) is 0 Å². The Kier molecular flexibility index (Phi) is 2.59. The van der Waals surface area contributed by atoms with Crippen molar-refractivity contribution >= 4 is 5.65 Å². The van der Waals surface area contributed by atoms with Crippen LogP contribution in [0.4, 0.5) is 0 Å². The SMILES string of the molecule is Cc1ccc2nc(CC3CCN(C)C3)nn2c1. The van der Waals surface area contributed by atoms with Crippen molar-refractivity contribution in [2.24, 2.45) is 5.92 Å². The van der Waals surface area contributed by atoms with Gasteiger partial charge in [-0.1, -0.05) is 6.07 Å². The van der Waals surface area contributed by atoms with Crippen molar-refractivity contribution in [3.8, 4) is 0 Å². The third-order valence-electron chi connectivity index (χ3n) is 3.48. The van der Waals surface area contributed by atoms with E-state index in [4.69, 9.17) is 0 Å². The van der Waals surface area contributed by atoms with Crippen LogP contribution in [0.3, 0.4) is 0 Å². The van der Waals surface area contributed by atoms with Gasteiger partial charge in [0, 0.05) is 19.2 Å². The molecule has 0 N–H and O–H groups in total. The molecule has 0 bridgehead atoms. The van der Waals surface area contributed by atoms with Crippen molar-refractivity contribution in [1.82, 2.24) is 19.5 Å². The molecule has 1 atom stereocenters. The van der Waals surface area contributed by atoms with Crippen LogP contribution in [0.5, 0.6) is 0 Å². The summed E-state index contributed by atoms with van der Waals surface area (Å²) in [5, 5.41) is 4.55. The summed E-state index contributed by atoms with van der Waals surface area (Å²) in [6, 6.07) is 4.11. The Hall–Kier alpha value is -1.42. The first-order valence-corrected chi connectivity index (χ1v) is 6.21. The summed E-state index contributed by atoms with van der Waals surface area (Å²) in [4.78, 5) is 6.96. The molecule has 1 fully saturated rings. The topological polar surface area (TPSA) is 33.4 Å². The Morgan fingerprint density at radius 2 is 2.29 bits per heavy atom. The average Bonchev–Trinajstić information content (AvgIpc) is 2.84. The molecule has 0 aromatic carbocycles. The highest BCUT2D eigenvalue weighted by atomic mass is 15.3. The summed E-state index contributed by atoms with van der Waals surface area (Å²) in [5.41, 5.74) is 2.17. The van der Waals surface area contributed by atoms with Crippen LogP contribution in [-0.2, 0) is 6.42 Å². The maximum atomic E-state index is 4.58. The van der Waals surface area contributed by atoms with E-state index in [0.29, 0.717) is 0 Å². The summed E-state index contributed by atoms with van der Waals surface area (Å²) in [7, 11) is 2.18. The number of likely N-dealkylation sites (tertiary alicyclic amines) is 1. The molecule has 2 aromatic heterocycles. The van der Waals surface area contributed by atoms with Gasteiger partial charge in [0.15, 0.2) is 11.5 Å². The summed E-state index contributed by atoms with van der Waals surface area (Å²) in [6.45, 7) is 4.46. The molecule has 3 rings (SSSR count). The fourth-order valence-electron chi connectivity index (χ4n) is 2.57. The first-order chi connectivity index (χ1) is 8.20. The summed E-state index contributed by atoms with van der Waals surface area (Å²) in [6.07, 6.45) is 4.31. The lowest BCUT2D eigenvalue weighted by Gasteiger charge is -2.07. The number of nitrogens with zero attached hydrogens (tertiary/aromatic N) is 4. The second-order valence-corrected chi connectivity index (χ2v) is 5.16. The molecule has 3 heterocycles. The molecule has 90 valence electrons. The molecule has 17 heavy (non-hydrogen) atoms. The molecule has 0 amide bonds. The Balaban J connectivity index is 1.81. The van der Waals surface area contributed by atoms with Gasteiger partial charge in [-0.15, -0.1) is 0 Å². The Labute approximate surface area is 101 Å². The fraction of sp³-hybridized carbons (Fsp3) is 0.538. The van der Waals surface area contributed by atoms with Gasteiger partial charge in [0.2, 0.25) is 0 Å². The molecule has 1 saturated heterocycles. The minimum atomic E-state index is 0.721. The molecule has 0 saturated carbocycles.